The fourth-order valence-corrected chi connectivity index (χ4v) is 3.38. The van der Waals surface area contributed by atoms with E-state index in [1.807, 2.05) is 17.4 Å². The number of nitrogens with zero attached hydrogens (tertiary/aromatic N) is 1. The number of ether oxygens (including phenoxy) is 1. The maximum Gasteiger partial charge on any atom is 0.217 e. The van der Waals surface area contributed by atoms with Gasteiger partial charge in [-0.1, -0.05) is 19.9 Å². The molecule has 1 unspecified atom stereocenters. The number of aromatic nitrogens is 1. The van der Waals surface area contributed by atoms with Crippen LogP contribution in [0, 0.1) is 0 Å². The van der Waals surface area contributed by atoms with Gasteiger partial charge < -0.3 is 10.1 Å². The number of methoxy groups -OCH3 is 1. The Balaban J connectivity index is 2.20. The average Bonchev–Trinajstić information content (AvgIpc) is 2.99. The average molecular weight is 304 g/mol. The molecule has 3 nitrogen and oxygen atoms in total. The zero-order valence-electron chi connectivity index (χ0n) is 13.1. The molecule has 0 aliphatic carbocycles. The smallest absolute Gasteiger partial charge is 0.217 e. The highest BCUT2D eigenvalue weighted by molar-refractivity contribution is 7.11. The zero-order chi connectivity index (χ0) is 15.1. The number of rotatable bonds is 8. The Hall–Kier alpha value is -1.39. The van der Waals surface area contributed by atoms with Crippen LogP contribution in [-0.2, 0) is 12.8 Å². The fourth-order valence-electron chi connectivity index (χ4n) is 2.37. The van der Waals surface area contributed by atoms with E-state index in [9.17, 15) is 0 Å². The van der Waals surface area contributed by atoms with Crippen LogP contribution in [0.2, 0.25) is 0 Å². The summed E-state index contributed by atoms with van der Waals surface area (Å²) >= 11 is 1.90. The van der Waals surface area contributed by atoms with Gasteiger partial charge in [0, 0.05) is 34.0 Å². The molecule has 0 aromatic carbocycles. The largest absolute Gasteiger partial charge is 0.481 e. The third kappa shape index (κ3) is 4.29. The Kier molecular flexibility index (Phi) is 6.21. The molecule has 1 atom stereocenters. The molecule has 0 spiro atoms. The monoisotopic (exact) mass is 304 g/mol. The molecule has 2 aromatic heterocycles. The molecule has 114 valence electrons. The normalized spacial score (nSPS) is 12.3. The van der Waals surface area contributed by atoms with E-state index in [-0.39, 0.29) is 6.04 Å². The molecule has 0 fully saturated rings. The minimum atomic E-state index is 0.247. The second-order valence-electron chi connectivity index (χ2n) is 5.03. The molecule has 0 saturated carbocycles. The van der Waals surface area contributed by atoms with E-state index in [2.05, 4.69) is 42.3 Å². The minimum Gasteiger partial charge on any atom is -0.481 e. The van der Waals surface area contributed by atoms with E-state index in [4.69, 9.17) is 4.74 Å². The molecule has 0 amide bonds. The summed E-state index contributed by atoms with van der Waals surface area (Å²) < 4.78 is 5.42. The van der Waals surface area contributed by atoms with E-state index in [0.717, 1.165) is 37.3 Å². The van der Waals surface area contributed by atoms with Crippen molar-refractivity contribution in [3.8, 4) is 5.88 Å². The summed E-state index contributed by atoms with van der Waals surface area (Å²) in [6.07, 6.45) is 4.98. The molecule has 1 N–H and O–H groups in total. The van der Waals surface area contributed by atoms with E-state index in [1.54, 1.807) is 13.3 Å². The number of nitrogens with one attached hydrogen (secondary N) is 1. The van der Waals surface area contributed by atoms with Gasteiger partial charge in [0.2, 0.25) is 5.88 Å². The van der Waals surface area contributed by atoms with Gasteiger partial charge in [-0.15, -0.1) is 11.3 Å². The van der Waals surface area contributed by atoms with Crippen molar-refractivity contribution in [2.45, 2.75) is 39.2 Å². The number of aryl methyl sites for hydroxylation is 1. The first-order valence-corrected chi connectivity index (χ1v) is 8.40. The first kappa shape index (κ1) is 16.0. The predicted molar refractivity (Wildman–Crippen MR) is 89.2 cm³/mol. The van der Waals surface area contributed by atoms with Crippen LogP contribution < -0.4 is 10.1 Å². The molecule has 2 rings (SSSR count). The summed E-state index contributed by atoms with van der Waals surface area (Å²) in [5.41, 5.74) is 1.14. The molecule has 0 radical (unpaired) electrons. The number of pyridine rings is 1. The molecule has 21 heavy (non-hydrogen) atoms. The molecular weight excluding hydrogens is 280 g/mol. The van der Waals surface area contributed by atoms with Crippen LogP contribution in [0.4, 0.5) is 0 Å². The summed E-state index contributed by atoms with van der Waals surface area (Å²) in [6, 6.07) is 8.80. The van der Waals surface area contributed by atoms with Crippen molar-refractivity contribution in [2.24, 2.45) is 0 Å². The van der Waals surface area contributed by atoms with Crippen LogP contribution in [0.1, 0.15) is 41.6 Å². The summed E-state index contributed by atoms with van der Waals surface area (Å²) in [6.45, 7) is 5.38. The van der Waals surface area contributed by atoms with Gasteiger partial charge in [0.05, 0.1) is 7.11 Å². The summed E-state index contributed by atoms with van der Waals surface area (Å²) in [7, 11) is 1.68. The van der Waals surface area contributed by atoms with Crippen molar-refractivity contribution in [1.29, 1.82) is 0 Å². The van der Waals surface area contributed by atoms with E-state index in [1.165, 1.54) is 9.75 Å². The minimum absolute atomic E-state index is 0.247. The molecule has 4 heteroatoms. The highest BCUT2D eigenvalue weighted by atomic mass is 32.1. The lowest BCUT2D eigenvalue weighted by atomic mass is 10.0. The van der Waals surface area contributed by atoms with Crippen LogP contribution in [0.15, 0.2) is 30.5 Å². The molecule has 0 saturated heterocycles. The van der Waals surface area contributed by atoms with Gasteiger partial charge in [0.25, 0.3) is 0 Å². The maximum absolute atomic E-state index is 5.42. The summed E-state index contributed by atoms with van der Waals surface area (Å²) in [5, 5.41) is 3.62. The van der Waals surface area contributed by atoms with Gasteiger partial charge in [0.15, 0.2) is 0 Å². The van der Waals surface area contributed by atoms with Crippen molar-refractivity contribution in [3.05, 3.63) is 45.8 Å². The Labute approximate surface area is 131 Å². The standard InChI is InChI=1S/C17H24N2OS/c1-4-10-18-16(12-14-9-8-13(5-2)21-14)15-7-6-11-19-17(15)20-3/h6-9,11,16,18H,4-5,10,12H2,1-3H3. The zero-order valence-corrected chi connectivity index (χ0v) is 13.9. The van der Waals surface area contributed by atoms with E-state index < -0.39 is 0 Å². The number of hydrogen-bond acceptors (Lipinski definition) is 4. The highest BCUT2D eigenvalue weighted by Crippen LogP contribution is 2.28. The van der Waals surface area contributed by atoms with Gasteiger partial charge >= 0.3 is 0 Å². The Bertz CT molecular complexity index is 553. The van der Waals surface area contributed by atoms with Gasteiger partial charge in [-0.3, -0.25) is 0 Å². The SMILES string of the molecule is CCCNC(Cc1ccc(CC)s1)c1cccnc1OC. The Morgan fingerprint density at radius 1 is 1.24 bits per heavy atom. The van der Waals surface area contributed by atoms with Crippen molar-refractivity contribution >= 4 is 11.3 Å². The van der Waals surface area contributed by atoms with Gasteiger partial charge in [0.1, 0.15) is 0 Å². The van der Waals surface area contributed by atoms with Gasteiger partial charge in [-0.2, -0.15) is 0 Å². The second kappa shape index (κ2) is 8.15. The number of thiophene rings is 1. The third-order valence-corrected chi connectivity index (χ3v) is 4.73. The Morgan fingerprint density at radius 2 is 2.05 bits per heavy atom. The van der Waals surface area contributed by atoms with Gasteiger partial charge in [-0.25, -0.2) is 4.98 Å². The molecule has 0 bridgehead atoms. The molecular formula is C17H24N2OS. The van der Waals surface area contributed by atoms with Crippen LogP contribution in [0.3, 0.4) is 0 Å². The van der Waals surface area contributed by atoms with Crippen molar-refractivity contribution < 1.29 is 4.74 Å². The van der Waals surface area contributed by atoms with Crippen LogP contribution >= 0.6 is 11.3 Å². The predicted octanol–water partition coefficient (Wildman–Crippen LogP) is 4.00. The van der Waals surface area contributed by atoms with Crippen molar-refractivity contribution in [2.75, 3.05) is 13.7 Å². The lowest BCUT2D eigenvalue weighted by Crippen LogP contribution is -2.24. The second-order valence-corrected chi connectivity index (χ2v) is 6.29. The Morgan fingerprint density at radius 3 is 2.71 bits per heavy atom. The summed E-state index contributed by atoms with van der Waals surface area (Å²) in [4.78, 5) is 7.18. The molecule has 0 aliphatic heterocycles. The first-order chi connectivity index (χ1) is 10.3. The van der Waals surface area contributed by atoms with Crippen LogP contribution in [0.25, 0.3) is 0 Å². The topological polar surface area (TPSA) is 34.2 Å². The summed E-state index contributed by atoms with van der Waals surface area (Å²) in [5.74, 6) is 0.721. The fraction of sp³-hybridized carbons (Fsp3) is 0.471. The maximum atomic E-state index is 5.42. The van der Waals surface area contributed by atoms with Gasteiger partial charge in [-0.05, 0) is 37.6 Å². The van der Waals surface area contributed by atoms with Crippen LogP contribution in [-0.4, -0.2) is 18.6 Å². The number of hydrogen-bond donors (Lipinski definition) is 1. The highest BCUT2D eigenvalue weighted by Gasteiger charge is 2.17. The lowest BCUT2D eigenvalue weighted by Gasteiger charge is -2.20. The first-order valence-electron chi connectivity index (χ1n) is 7.58. The lowest BCUT2D eigenvalue weighted by molar-refractivity contribution is 0.382. The van der Waals surface area contributed by atoms with E-state index in [0.29, 0.717) is 0 Å². The van der Waals surface area contributed by atoms with Crippen LogP contribution in [0.5, 0.6) is 5.88 Å². The quantitative estimate of drug-likeness (QED) is 0.800. The van der Waals surface area contributed by atoms with Crippen molar-refractivity contribution in [1.82, 2.24) is 10.3 Å². The molecule has 0 aliphatic rings. The van der Waals surface area contributed by atoms with E-state index >= 15 is 0 Å². The molecule has 2 aromatic rings. The molecule has 2 heterocycles. The third-order valence-electron chi connectivity index (χ3n) is 3.48. The van der Waals surface area contributed by atoms with Crippen molar-refractivity contribution in [3.63, 3.8) is 0 Å².